The minimum atomic E-state index is -5.26. The van der Waals surface area contributed by atoms with Crippen molar-refractivity contribution in [1.82, 2.24) is 15.6 Å². The second kappa shape index (κ2) is 6.12. The molecule has 3 heterocycles. The summed E-state index contributed by atoms with van der Waals surface area (Å²) in [4.78, 5) is 28.6. The highest BCUT2D eigenvalue weighted by atomic mass is 32.1. The fourth-order valence-corrected chi connectivity index (χ4v) is 3.55. The second-order valence-corrected chi connectivity index (χ2v) is 6.42. The summed E-state index contributed by atoms with van der Waals surface area (Å²) >= 11 is 1.07. The van der Waals surface area contributed by atoms with E-state index in [1.54, 1.807) is 11.4 Å². The van der Waals surface area contributed by atoms with Gasteiger partial charge in [0, 0.05) is 22.8 Å². The molecule has 132 valence electrons. The maximum Gasteiger partial charge on any atom is 0.437 e. The summed E-state index contributed by atoms with van der Waals surface area (Å²) in [5.74, 6) is -3.01. The molecule has 1 fully saturated rings. The van der Waals surface area contributed by atoms with Crippen molar-refractivity contribution >= 4 is 23.2 Å². The number of carbonyl (C=O) groups is 2. The van der Waals surface area contributed by atoms with E-state index in [1.807, 2.05) is 0 Å². The first-order valence-electron chi connectivity index (χ1n) is 7.09. The van der Waals surface area contributed by atoms with Crippen LogP contribution in [0.3, 0.4) is 0 Å². The van der Waals surface area contributed by atoms with E-state index in [2.05, 4.69) is 10.3 Å². The summed E-state index contributed by atoms with van der Waals surface area (Å²) in [7, 11) is 0. The quantitative estimate of drug-likeness (QED) is 0.722. The van der Waals surface area contributed by atoms with Gasteiger partial charge in [-0.15, -0.1) is 11.3 Å². The third kappa shape index (κ3) is 2.98. The van der Waals surface area contributed by atoms with Gasteiger partial charge in [-0.05, 0) is 23.6 Å². The van der Waals surface area contributed by atoms with Gasteiger partial charge in [-0.1, -0.05) is 6.07 Å². The number of nitrogens with zero attached hydrogens (tertiary/aromatic N) is 1. The van der Waals surface area contributed by atoms with Crippen LogP contribution in [0.25, 0.3) is 0 Å². The summed E-state index contributed by atoms with van der Waals surface area (Å²) in [6.07, 6.45) is -2.78. The van der Waals surface area contributed by atoms with Gasteiger partial charge >= 0.3 is 12.2 Å². The lowest BCUT2D eigenvalue weighted by Gasteiger charge is -2.44. The maximum atomic E-state index is 13.6. The molecular formula is C15H12F3N3O3S. The Morgan fingerprint density at radius 2 is 2.08 bits per heavy atom. The van der Waals surface area contributed by atoms with Crippen LogP contribution in [0, 0.1) is 5.92 Å². The molecule has 0 saturated carbocycles. The van der Waals surface area contributed by atoms with Crippen molar-refractivity contribution < 1.29 is 27.9 Å². The van der Waals surface area contributed by atoms with Gasteiger partial charge in [-0.3, -0.25) is 9.78 Å². The van der Waals surface area contributed by atoms with Crippen LogP contribution in [0.5, 0.6) is 0 Å². The van der Waals surface area contributed by atoms with Crippen LogP contribution in [0.4, 0.5) is 18.0 Å². The third-order valence-electron chi connectivity index (χ3n) is 3.88. The molecule has 0 unspecified atom stereocenters. The number of ketones is 1. The van der Waals surface area contributed by atoms with Crippen molar-refractivity contribution in [2.75, 3.05) is 0 Å². The van der Waals surface area contributed by atoms with E-state index in [1.165, 1.54) is 29.7 Å². The number of nitrogens with one attached hydrogen (secondary N) is 2. The minimum absolute atomic E-state index is 0.102. The van der Waals surface area contributed by atoms with Crippen molar-refractivity contribution in [2.24, 2.45) is 5.92 Å². The van der Waals surface area contributed by atoms with Crippen LogP contribution in [0.15, 0.2) is 42.0 Å². The number of alkyl halides is 3. The Morgan fingerprint density at radius 1 is 1.32 bits per heavy atom. The number of amides is 2. The van der Waals surface area contributed by atoms with Gasteiger partial charge in [-0.2, -0.15) is 13.2 Å². The van der Waals surface area contributed by atoms with Crippen molar-refractivity contribution in [3.8, 4) is 0 Å². The lowest BCUT2D eigenvalue weighted by Crippen LogP contribution is -2.72. The zero-order chi connectivity index (χ0) is 18.2. The van der Waals surface area contributed by atoms with Gasteiger partial charge in [0.05, 0.1) is 6.04 Å². The average molecular weight is 371 g/mol. The fraction of sp³-hybridized carbons (Fsp3) is 0.267. The van der Waals surface area contributed by atoms with Gasteiger partial charge in [-0.25, -0.2) is 4.79 Å². The van der Waals surface area contributed by atoms with Crippen LogP contribution in [0.2, 0.25) is 0 Å². The van der Waals surface area contributed by atoms with E-state index in [0.29, 0.717) is 4.88 Å². The normalized spacial score (nSPS) is 26.6. The number of pyridine rings is 1. The monoisotopic (exact) mass is 371 g/mol. The Balaban J connectivity index is 2.14. The van der Waals surface area contributed by atoms with E-state index in [4.69, 9.17) is 0 Å². The van der Waals surface area contributed by atoms with Crippen LogP contribution in [0.1, 0.15) is 21.3 Å². The molecule has 6 nitrogen and oxygen atoms in total. The van der Waals surface area contributed by atoms with Crippen molar-refractivity contribution in [3.63, 3.8) is 0 Å². The number of aromatic nitrogens is 1. The molecule has 0 aliphatic carbocycles. The summed E-state index contributed by atoms with van der Waals surface area (Å²) in [6, 6.07) is 3.21. The van der Waals surface area contributed by atoms with Gasteiger partial charge in [0.1, 0.15) is 5.92 Å². The van der Waals surface area contributed by atoms with Crippen molar-refractivity contribution in [1.29, 1.82) is 0 Å². The summed E-state index contributed by atoms with van der Waals surface area (Å²) in [6.45, 7) is 0. The second-order valence-electron chi connectivity index (χ2n) is 5.44. The first-order chi connectivity index (χ1) is 11.7. The van der Waals surface area contributed by atoms with Crippen LogP contribution < -0.4 is 10.6 Å². The zero-order valence-corrected chi connectivity index (χ0v) is 13.3. The first kappa shape index (κ1) is 17.4. The molecule has 0 spiro atoms. The molecule has 3 N–H and O–H groups in total. The molecule has 0 aromatic carbocycles. The molecule has 25 heavy (non-hydrogen) atoms. The summed E-state index contributed by atoms with van der Waals surface area (Å²) in [5.41, 5.74) is -3.81. The fourth-order valence-electron chi connectivity index (χ4n) is 2.73. The highest BCUT2D eigenvalue weighted by Gasteiger charge is 2.66. The molecule has 0 bridgehead atoms. The Labute approximate surface area is 143 Å². The van der Waals surface area contributed by atoms with Crippen molar-refractivity contribution in [3.05, 3.63) is 52.5 Å². The molecule has 1 aliphatic rings. The molecule has 2 aromatic rings. The third-order valence-corrected chi connectivity index (χ3v) is 4.84. The Morgan fingerprint density at radius 3 is 2.64 bits per heavy atom. The SMILES string of the molecule is O=C1N[C@@H](c2cccs2)[C@H](C(=O)c2cccnc2)[C@@](O)(C(F)(F)F)N1. The van der Waals surface area contributed by atoms with E-state index in [9.17, 15) is 27.9 Å². The number of halogens is 3. The Kier molecular flexibility index (Phi) is 4.25. The first-order valence-corrected chi connectivity index (χ1v) is 7.97. The summed E-state index contributed by atoms with van der Waals surface area (Å²) in [5, 5.41) is 15.7. The number of Topliss-reactive ketones (excluding diaryl/α,β-unsaturated/α-hetero) is 1. The number of aliphatic hydroxyl groups is 1. The largest absolute Gasteiger partial charge is 0.437 e. The highest BCUT2D eigenvalue weighted by molar-refractivity contribution is 7.10. The van der Waals surface area contributed by atoms with Crippen molar-refractivity contribution in [2.45, 2.75) is 17.9 Å². The molecular weight excluding hydrogens is 359 g/mol. The van der Waals surface area contributed by atoms with E-state index in [-0.39, 0.29) is 5.56 Å². The molecule has 2 amide bonds. The molecule has 3 atom stereocenters. The minimum Gasteiger partial charge on any atom is -0.363 e. The number of carbonyl (C=O) groups excluding carboxylic acids is 2. The predicted molar refractivity (Wildman–Crippen MR) is 81.8 cm³/mol. The molecule has 2 aromatic heterocycles. The van der Waals surface area contributed by atoms with Gasteiger partial charge in [0.25, 0.3) is 0 Å². The Bertz CT molecular complexity index is 782. The molecule has 0 radical (unpaired) electrons. The topological polar surface area (TPSA) is 91.3 Å². The molecule has 3 rings (SSSR count). The van der Waals surface area contributed by atoms with Gasteiger partial charge in [0.2, 0.25) is 5.72 Å². The van der Waals surface area contributed by atoms with Crippen LogP contribution in [-0.4, -0.2) is 33.8 Å². The number of rotatable bonds is 3. The van der Waals surface area contributed by atoms with Crippen LogP contribution >= 0.6 is 11.3 Å². The molecule has 1 saturated heterocycles. The number of hydrogen-bond acceptors (Lipinski definition) is 5. The predicted octanol–water partition coefficient (Wildman–Crippen LogP) is 2.25. The molecule has 10 heteroatoms. The standard InChI is InChI=1S/C15H12F3N3O3S/c16-15(17,18)14(24)10(12(22)8-3-1-5-19-7-8)11(20-13(23)21-14)9-4-2-6-25-9/h1-7,10-11,24H,(H2,20,21,23)/t10-,11+,14-/m1/s1. The van der Waals surface area contributed by atoms with E-state index in [0.717, 1.165) is 17.5 Å². The summed E-state index contributed by atoms with van der Waals surface area (Å²) < 4.78 is 40.7. The number of urea groups is 1. The average Bonchev–Trinajstić information content (AvgIpc) is 3.08. The number of hydrogen-bond donors (Lipinski definition) is 3. The number of thiophene rings is 1. The lowest BCUT2D eigenvalue weighted by atomic mass is 9.79. The molecule has 1 aliphatic heterocycles. The van der Waals surface area contributed by atoms with Gasteiger partial charge < -0.3 is 15.7 Å². The van der Waals surface area contributed by atoms with E-state index < -0.39 is 35.7 Å². The zero-order valence-electron chi connectivity index (χ0n) is 12.4. The highest BCUT2D eigenvalue weighted by Crippen LogP contribution is 2.44. The smallest absolute Gasteiger partial charge is 0.363 e. The lowest BCUT2D eigenvalue weighted by molar-refractivity contribution is -0.287. The van der Waals surface area contributed by atoms with Crippen LogP contribution in [-0.2, 0) is 0 Å². The van der Waals surface area contributed by atoms with Gasteiger partial charge in [0.15, 0.2) is 5.78 Å². The van der Waals surface area contributed by atoms with E-state index >= 15 is 0 Å². The Hall–Kier alpha value is -2.46. The maximum absolute atomic E-state index is 13.6.